The van der Waals surface area contributed by atoms with E-state index in [9.17, 15) is 4.39 Å². The zero-order valence-electron chi connectivity index (χ0n) is 13.2. The van der Waals surface area contributed by atoms with Crippen LogP contribution in [0.4, 0.5) is 4.39 Å². The maximum Gasteiger partial charge on any atom is 0.240 e. The first-order valence-electron chi connectivity index (χ1n) is 7.66. The Kier molecular flexibility index (Phi) is 4.88. The van der Waals surface area contributed by atoms with Crippen molar-refractivity contribution >= 4 is 0 Å². The highest BCUT2D eigenvalue weighted by Gasteiger charge is 2.23. The minimum atomic E-state index is -0.298. The lowest BCUT2D eigenvalue weighted by Crippen LogP contribution is -2.44. The fourth-order valence-electron chi connectivity index (χ4n) is 2.70. The van der Waals surface area contributed by atoms with E-state index in [4.69, 9.17) is 14.0 Å². The molecule has 0 saturated carbocycles. The van der Waals surface area contributed by atoms with Gasteiger partial charge in [0, 0.05) is 13.1 Å². The van der Waals surface area contributed by atoms with Crippen molar-refractivity contribution in [2.45, 2.75) is 39.2 Å². The molecular weight excluding hydrogens is 301 g/mol. The van der Waals surface area contributed by atoms with Crippen LogP contribution in [0.2, 0.25) is 0 Å². The molecule has 1 fully saturated rings. The molecule has 0 N–H and O–H groups in total. The molecule has 2 heterocycles. The van der Waals surface area contributed by atoms with Crippen molar-refractivity contribution in [3.05, 3.63) is 41.8 Å². The second kappa shape index (κ2) is 7.06. The normalized spacial score (nSPS) is 22.2. The summed E-state index contributed by atoms with van der Waals surface area (Å²) >= 11 is 0. The number of benzene rings is 1. The van der Waals surface area contributed by atoms with E-state index in [2.05, 4.69) is 28.9 Å². The SMILES string of the molecule is C[C@@H]1CN(Cc2nc(COc3ccc(F)cc3)no2)C[C@H](C)O1. The second-order valence-electron chi connectivity index (χ2n) is 5.80. The van der Waals surface area contributed by atoms with Gasteiger partial charge in [-0.25, -0.2) is 4.39 Å². The maximum atomic E-state index is 12.8. The lowest BCUT2D eigenvalue weighted by Gasteiger charge is -2.34. The largest absolute Gasteiger partial charge is 0.485 e. The molecule has 1 aromatic heterocycles. The van der Waals surface area contributed by atoms with Gasteiger partial charge >= 0.3 is 0 Å². The minimum absolute atomic E-state index is 0.186. The molecule has 1 aliphatic rings. The van der Waals surface area contributed by atoms with Gasteiger partial charge in [-0.3, -0.25) is 4.90 Å². The molecule has 7 heteroatoms. The van der Waals surface area contributed by atoms with Crippen LogP contribution in [0.1, 0.15) is 25.6 Å². The monoisotopic (exact) mass is 321 g/mol. The van der Waals surface area contributed by atoms with Crippen LogP contribution in [0.5, 0.6) is 5.75 Å². The van der Waals surface area contributed by atoms with Gasteiger partial charge in [0.15, 0.2) is 6.61 Å². The molecule has 0 spiro atoms. The predicted octanol–water partition coefficient (Wildman–Crippen LogP) is 2.40. The Morgan fingerprint density at radius 1 is 1.22 bits per heavy atom. The van der Waals surface area contributed by atoms with Gasteiger partial charge in [-0.15, -0.1) is 0 Å². The average Bonchev–Trinajstić information content (AvgIpc) is 2.93. The van der Waals surface area contributed by atoms with Crippen LogP contribution >= 0.6 is 0 Å². The maximum absolute atomic E-state index is 12.8. The van der Waals surface area contributed by atoms with Crippen LogP contribution in [-0.4, -0.2) is 40.3 Å². The molecule has 0 aliphatic carbocycles. The molecule has 0 amide bonds. The van der Waals surface area contributed by atoms with Gasteiger partial charge in [0.05, 0.1) is 18.8 Å². The van der Waals surface area contributed by atoms with E-state index < -0.39 is 0 Å². The molecule has 124 valence electrons. The van der Waals surface area contributed by atoms with Crippen LogP contribution in [-0.2, 0) is 17.9 Å². The van der Waals surface area contributed by atoms with E-state index in [1.807, 2.05) is 0 Å². The first-order valence-corrected chi connectivity index (χ1v) is 7.66. The van der Waals surface area contributed by atoms with Crippen LogP contribution < -0.4 is 4.74 Å². The van der Waals surface area contributed by atoms with Crippen molar-refractivity contribution in [2.24, 2.45) is 0 Å². The molecule has 0 unspecified atom stereocenters. The Morgan fingerprint density at radius 3 is 2.61 bits per heavy atom. The highest BCUT2D eigenvalue weighted by atomic mass is 19.1. The summed E-state index contributed by atoms with van der Waals surface area (Å²) in [5.41, 5.74) is 0. The molecule has 23 heavy (non-hydrogen) atoms. The lowest BCUT2D eigenvalue weighted by atomic mass is 10.2. The van der Waals surface area contributed by atoms with E-state index in [0.29, 0.717) is 24.0 Å². The summed E-state index contributed by atoms with van der Waals surface area (Å²) in [6, 6.07) is 5.81. The number of nitrogens with zero attached hydrogens (tertiary/aromatic N) is 3. The summed E-state index contributed by atoms with van der Waals surface area (Å²) in [6.45, 7) is 6.58. The zero-order valence-corrected chi connectivity index (χ0v) is 13.2. The van der Waals surface area contributed by atoms with Gasteiger partial charge in [0.2, 0.25) is 11.7 Å². The highest BCUT2D eigenvalue weighted by Crippen LogP contribution is 2.15. The average molecular weight is 321 g/mol. The first kappa shape index (κ1) is 15.9. The quantitative estimate of drug-likeness (QED) is 0.843. The standard InChI is InChI=1S/C16H20FN3O3/c1-11-7-20(8-12(2)22-11)9-16-18-15(19-23-16)10-21-14-5-3-13(17)4-6-14/h3-6,11-12H,7-10H2,1-2H3/t11-,12+. The van der Waals surface area contributed by atoms with Gasteiger partial charge < -0.3 is 14.0 Å². The van der Waals surface area contributed by atoms with Crippen molar-refractivity contribution in [1.29, 1.82) is 0 Å². The summed E-state index contributed by atoms with van der Waals surface area (Å²) in [4.78, 5) is 6.56. The van der Waals surface area contributed by atoms with E-state index in [0.717, 1.165) is 13.1 Å². The zero-order chi connectivity index (χ0) is 16.2. The van der Waals surface area contributed by atoms with E-state index in [-0.39, 0.29) is 24.6 Å². The summed E-state index contributed by atoms with van der Waals surface area (Å²) in [5, 5.41) is 3.91. The molecule has 3 rings (SSSR count). The Bertz CT molecular complexity index is 622. The summed E-state index contributed by atoms with van der Waals surface area (Å²) in [6.07, 6.45) is 0.394. The van der Waals surface area contributed by atoms with Gasteiger partial charge in [-0.1, -0.05) is 5.16 Å². The second-order valence-corrected chi connectivity index (χ2v) is 5.80. The number of ether oxygens (including phenoxy) is 2. The number of aromatic nitrogens is 2. The molecule has 1 aliphatic heterocycles. The Morgan fingerprint density at radius 2 is 1.91 bits per heavy atom. The van der Waals surface area contributed by atoms with Crippen LogP contribution in [0, 0.1) is 5.82 Å². The minimum Gasteiger partial charge on any atom is -0.485 e. The van der Waals surface area contributed by atoms with Crippen molar-refractivity contribution in [3.8, 4) is 5.75 Å². The van der Waals surface area contributed by atoms with Gasteiger partial charge in [-0.2, -0.15) is 4.98 Å². The van der Waals surface area contributed by atoms with Crippen molar-refractivity contribution in [3.63, 3.8) is 0 Å². The fourth-order valence-corrected chi connectivity index (χ4v) is 2.70. The van der Waals surface area contributed by atoms with E-state index >= 15 is 0 Å². The highest BCUT2D eigenvalue weighted by molar-refractivity contribution is 5.22. The Balaban J connectivity index is 1.52. The lowest BCUT2D eigenvalue weighted by molar-refractivity contribution is -0.0725. The van der Waals surface area contributed by atoms with Crippen molar-refractivity contribution in [2.75, 3.05) is 13.1 Å². The summed E-state index contributed by atoms with van der Waals surface area (Å²) in [5.74, 6) is 1.30. The van der Waals surface area contributed by atoms with Crippen LogP contribution in [0.25, 0.3) is 0 Å². The third kappa shape index (κ3) is 4.49. The summed E-state index contributed by atoms with van der Waals surface area (Å²) < 4.78 is 29.3. The van der Waals surface area contributed by atoms with Crippen molar-refractivity contribution < 1.29 is 18.4 Å². The number of halogens is 1. The smallest absolute Gasteiger partial charge is 0.240 e. The molecule has 2 aromatic rings. The molecular formula is C16H20FN3O3. The Hall–Kier alpha value is -1.99. The Labute approximate surface area is 134 Å². The van der Waals surface area contributed by atoms with E-state index in [1.54, 1.807) is 12.1 Å². The predicted molar refractivity (Wildman–Crippen MR) is 80.3 cm³/mol. The first-order chi connectivity index (χ1) is 11.1. The number of morpholine rings is 1. The molecule has 1 saturated heterocycles. The number of rotatable bonds is 5. The van der Waals surface area contributed by atoms with Gasteiger partial charge in [0.1, 0.15) is 11.6 Å². The third-order valence-electron chi connectivity index (χ3n) is 3.55. The summed E-state index contributed by atoms with van der Waals surface area (Å²) in [7, 11) is 0. The number of hydrogen-bond acceptors (Lipinski definition) is 6. The topological polar surface area (TPSA) is 60.6 Å². The molecule has 6 nitrogen and oxygen atoms in total. The fraction of sp³-hybridized carbons (Fsp3) is 0.500. The van der Waals surface area contributed by atoms with Crippen LogP contribution in [0.3, 0.4) is 0 Å². The molecule has 0 radical (unpaired) electrons. The molecule has 0 bridgehead atoms. The molecule has 2 atom stereocenters. The van der Waals surface area contributed by atoms with Gasteiger partial charge in [0.25, 0.3) is 0 Å². The molecule has 1 aromatic carbocycles. The van der Waals surface area contributed by atoms with Crippen molar-refractivity contribution in [1.82, 2.24) is 15.0 Å². The number of hydrogen-bond donors (Lipinski definition) is 0. The van der Waals surface area contributed by atoms with E-state index in [1.165, 1.54) is 12.1 Å². The van der Waals surface area contributed by atoms with Gasteiger partial charge in [-0.05, 0) is 38.1 Å². The van der Waals surface area contributed by atoms with Crippen LogP contribution in [0.15, 0.2) is 28.8 Å². The third-order valence-corrected chi connectivity index (χ3v) is 3.55.